The molecule has 17 heavy (non-hydrogen) atoms. The summed E-state index contributed by atoms with van der Waals surface area (Å²) in [5.74, 6) is -1.03. The van der Waals surface area contributed by atoms with Gasteiger partial charge in [-0.25, -0.2) is 9.48 Å². The van der Waals surface area contributed by atoms with Crippen molar-refractivity contribution in [2.45, 2.75) is 13.8 Å². The molecule has 0 radical (unpaired) electrons. The van der Waals surface area contributed by atoms with Crippen molar-refractivity contribution in [1.82, 2.24) is 9.78 Å². The summed E-state index contributed by atoms with van der Waals surface area (Å²) in [5, 5.41) is 13.6. The molecule has 2 rings (SSSR count). The number of hydrogen-bond acceptors (Lipinski definition) is 2. The molecular formula is C12H11ClN2O2. The molecule has 0 unspecified atom stereocenters. The number of nitrogens with zero attached hydrogens (tertiary/aromatic N) is 2. The van der Waals surface area contributed by atoms with Gasteiger partial charge in [-0.3, -0.25) is 0 Å². The summed E-state index contributed by atoms with van der Waals surface area (Å²) in [5.41, 5.74) is 2.34. The van der Waals surface area contributed by atoms with E-state index >= 15 is 0 Å². The van der Waals surface area contributed by atoms with Gasteiger partial charge in [0.2, 0.25) is 0 Å². The number of aromatic carboxylic acids is 1. The number of halogens is 1. The molecule has 5 heteroatoms. The van der Waals surface area contributed by atoms with Gasteiger partial charge in [0, 0.05) is 16.8 Å². The first-order chi connectivity index (χ1) is 8.00. The van der Waals surface area contributed by atoms with Crippen LogP contribution in [0.3, 0.4) is 0 Å². The molecule has 0 saturated heterocycles. The molecule has 88 valence electrons. The maximum Gasteiger partial charge on any atom is 0.356 e. The van der Waals surface area contributed by atoms with Crippen LogP contribution in [-0.4, -0.2) is 20.9 Å². The lowest BCUT2D eigenvalue weighted by Crippen LogP contribution is -2.02. The second kappa shape index (κ2) is 4.22. The third-order valence-corrected chi connectivity index (χ3v) is 3.00. The van der Waals surface area contributed by atoms with E-state index in [-0.39, 0.29) is 5.69 Å². The predicted octanol–water partition coefficient (Wildman–Crippen LogP) is 2.84. The van der Waals surface area contributed by atoms with Crippen LogP contribution in [0.15, 0.2) is 24.4 Å². The summed E-state index contributed by atoms with van der Waals surface area (Å²) in [6.07, 6.45) is 1.68. The normalized spacial score (nSPS) is 10.5. The van der Waals surface area contributed by atoms with Crippen LogP contribution in [0.25, 0.3) is 5.69 Å². The molecule has 0 aliphatic carbocycles. The number of carboxylic acid groups (broad SMARTS) is 1. The topological polar surface area (TPSA) is 55.1 Å². The van der Waals surface area contributed by atoms with E-state index in [9.17, 15) is 4.79 Å². The number of aromatic nitrogens is 2. The molecule has 2 aromatic rings. The van der Waals surface area contributed by atoms with Gasteiger partial charge in [0.15, 0.2) is 5.69 Å². The molecule has 1 N–H and O–H groups in total. The van der Waals surface area contributed by atoms with Crippen LogP contribution < -0.4 is 0 Å². The molecule has 1 aromatic heterocycles. The molecule has 0 aliphatic rings. The maximum atomic E-state index is 10.9. The van der Waals surface area contributed by atoms with Gasteiger partial charge < -0.3 is 5.11 Å². The largest absolute Gasteiger partial charge is 0.476 e. The zero-order chi connectivity index (χ0) is 12.6. The Morgan fingerprint density at radius 2 is 2.12 bits per heavy atom. The summed E-state index contributed by atoms with van der Waals surface area (Å²) in [7, 11) is 0. The van der Waals surface area contributed by atoms with Gasteiger partial charge in [0.1, 0.15) is 0 Å². The highest BCUT2D eigenvalue weighted by Gasteiger charge is 2.14. The van der Waals surface area contributed by atoms with Crippen molar-refractivity contribution in [2.75, 3.05) is 0 Å². The zero-order valence-corrected chi connectivity index (χ0v) is 10.2. The predicted molar refractivity (Wildman–Crippen MR) is 65.0 cm³/mol. The minimum absolute atomic E-state index is 0.0596. The maximum absolute atomic E-state index is 10.9. The Bertz CT molecular complexity index is 590. The number of carbonyl (C=O) groups is 1. The molecule has 1 heterocycles. The Kier molecular flexibility index (Phi) is 2.90. The molecule has 0 amide bonds. The minimum Gasteiger partial charge on any atom is -0.476 e. The summed E-state index contributed by atoms with van der Waals surface area (Å²) in [6, 6.07) is 5.44. The van der Waals surface area contributed by atoms with E-state index in [2.05, 4.69) is 5.10 Å². The smallest absolute Gasteiger partial charge is 0.356 e. The van der Waals surface area contributed by atoms with Crippen molar-refractivity contribution in [3.8, 4) is 5.69 Å². The summed E-state index contributed by atoms with van der Waals surface area (Å²) in [4.78, 5) is 10.9. The highest BCUT2D eigenvalue weighted by molar-refractivity contribution is 6.31. The molecule has 4 nitrogen and oxygen atoms in total. The monoisotopic (exact) mass is 250 g/mol. The average molecular weight is 251 g/mol. The third kappa shape index (κ3) is 2.03. The first-order valence-electron chi connectivity index (χ1n) is 5.05. The molecular weight excluding hydrogens is 240 g/mol. The minimum atomic E-state index is -1.03. The van der Waals surface area contributed by atoms with E-state index in [0.717, 1.165) is 11.3 Å². The van der Waals surface area contributed by atoms with Gasteiger partial charge in [0.05, 0.1) is 5.69 Å². The fourth-order valence-electron chi connectivity index (χ4n) is 1.64. The quantitative estimate of drug-likeness (QED) is 0.892. The summed E-state index contributed by atoms with van der Waals surface area (Å²) in [6.45, 7) is 3.59. The van der Waals surface area contributed by atoms with Gasteiger partial charge in [0.25, 0.3) is 0 Å². The van der Waals surface area contributed by atoms with Gasteiger partial charge >= 0.3 is 5.97 Å². The summed E-state index contributed by atoms with van der Waals surface area (Å²) < 4.78 is 1.54. The van der Waals surface area contributed by atoms with Crippen LogP contribution in [0, 0.1) is 13.8 Å². The van der Waals surface area contributed by atoms with E-state index < -0.39 is 5.97 Å². The second-order valence-electron chi connectivity index (χ2n) is 3.79. The highest BCUT2D eigenvalue weighted by Crippen LogP contribution is 2.22. The van der Waals surface area contributed by atoms with Crippen molar-refractivity contribution in [2.24, 2.45) is 0 Å². The van der Waals surface area contributed by atoms with E-state index in [1.807, 2.05) is 19.1 Å². The number of hydrogen-bond donors (Lipinski definition) is 1. The molecule has 0 bridgehead atoms. The van der Waals surface area contributed by atoms with E-state index in [1.165, 1.54) is 0 Å². The number of benzene rings is 1. The molecule has 0 atom stereocenters. The van der Waals surface area contributed by atoms with E-state index in [4.69, 9.17) is 16.7 Å². The van der Waals surface area contributed by atoms with Crippen LogP contribution in [0.1, 0.15) is 21.6 Å². The van der Waals surface area contributed by atoms with Gasteiger partial charge in [-0.2, -0.15) is 5.10 Å². The molecule has 0 saturated carbocycles. The zero-order valence-electron chi connectivity index (χ0n) is 9.44. The molecule has 0 aliphatic heterocycles. The number of rotatable bonds is 2. The Morgan fingerprint density at radius 3 is 2.71 bits per heavy atom. The van der Waals surface area contributed by atoms with Gasteiger partial charge in [-0.05, 0) is 31.5 Å². The lowest BCUT2D eigenvalue weighted by molar-refractivity contribution is 0.0689. The SMILES string of the molecule is Cc1cn(-c2cccc(Cl)c2C)nc1C(=O)O. The number of aryl methyl sites for hydroxylation is 1. The van der Waals surface area contributed by atoms with Crippen molar-refractivity contribution < 1.29 is 9.90 Å². The van der Waals surface area contributed by atoms with Crippen LogP contribution >= 0.6 is 11.6 Å². The van der Waals surface area contributed by atoms with Crippen molar-refractivity contribution in [1.29, 1.82) is 0 Å². The standard InChI is InChI=1S/C12H11ClN2O2/c1-7-6-15(14-11(7)12(16)17)10-5-3-4-9(13)8(10)2/h3-6H,1-2H3,(H,16,17). The third-order valence-electron chi connectivity index (χ3n) is 2.59. The van der Waals surface area contributed by atoms with Crippen LogP contribution in [0.2, 0.25) is 5.02 Å². The Morgan fingerprint density at radius 1 is 1.41 bits per heavy atom. The Labute approximate surface area is 103 Å². The lowest BCUT2D eigenvalue weighted by Gasteiger charge is -2.06. The average Bonchev–Trinajstić information content (AvgIpc) is 2.64. The Balaban J connectivity index is 2.58. The van der Waals surface area contributed by atoms with Crippen molar-refractivity contribution in [3.05, 3.63) is 46.2 Å². The second-order valence-corrected chi connectivity index (χ2v) is 4.20. The fourth-order valence-corrected chi connectivity index (χ4v) is 1.81. The van der Waals surface area contributed by atoms with Crippen LogP contribution in [0.4, 0.5) is 0 Å². The molecule has 0 fully saturated rings. The first-order valence-corrected chi connectivity index (χ1v) is 5.43. The van der Waals surface area contributed by atoms with Gasteiger partial charge in [-0.15, -0.1) is 0 Å². The first kappa shape index (κ1) is 11.7. The van der Waals surface area contributed by atoms with Crippen LogP contribution in [-0.2, 0) is 0 Å². The lowest BCUT2D eigenvalue weighted by atomic mass is 10.2. The molecule has 1 aromatic carbocycles. The van der Waals surface area contributed by atoms with E-state index in [1.54, 1.807) is 23.9 Å². The van der Waals surface area contributed by atoms with Crippen molar-refractivity contribution in [3.63, 3.8) is 0 Å². The Hall–Kier alpha value is -1.81. The fraction of sp³-hybridized carbons (Fsp3) is 0.167. The summed E-state index contributed by atoms with van der Waals surface area (Å²) >= 11 is 6.02. The highest BCUT2D eigenvalue weighted by atomic mass is 35.5. The van der Waals surface area contributed by atoms with E-state index in [0.29, 0.717) is 10.6 Å². The molecule has 0 spiro atoms. The van der Waals surface area contributed by atoms with Crippen LogP contribution in [0.5, 0.6) is 0 Å². The number of carboxylic acids is 1. The van der Waals surface area contributed by atoms with Crippen molar-refractivity contribution >= 4 is 17.6 Å². The van der Waals surface area contributed by atoms with Gasteiger partial charge in [-0.1, -0.05) is 17.7 Å².